The first kappa shape index (κ1) is 12.5. The van der Waals surface area contributed by atoms with E-state index in [4.69, 9.17) is 6.42 Å². The molecule has 0 aliphatic carbocycles. The number of nitrogens with zero attached hydrogens (tertiary/aromatic N) is 1. The van der Waals surface area contributed by atoms with Gasteiger partial charge in [0.05, 0.1) is 6.54 Å². The van der Waals surface area contributed by atoms with Crippen molar-refractivity contribution in [3.8, 4) is 12.3 Å². The Labute approximate surface area is 82.7 Å². The fourth-order valence-corrected chi connectivity index (χ4v) is 1.33. The van der Waals surface area contributed by atoms with Crippen LogP contribution in [0.15, 0.2) is 0 Å². The molecule has 1 unspecified atom stereocenters. The van der Waals surface area contributed by atoms with Gasteiger partial charge in [-0.15, -0.1) is 6.42 Å². The minimum Gasteiger partial charge on any atom is -0.305 e. The summed E-state index contributed by atoms with van der Waals surface area (Å²) in [6.07, 6.45) is 6.38. The first-order chi connectivity index (χ1) is 6.07. The lowest BCUT2D eigenvalue weighted by atomic mass is 10.0. The van der Waals surface area contributed by atoms with Gasteiger partial charge in [-0.1, -0.05) is 19.8 Å². The maximum absolute atomic E-state index is 5.17. The Bertz CT molecular complexity index is 156. The van der Waals surface area contributed by atoms with Gasteiger partial charge in [-0.25, -0.2) is 0 Å². The number of terminal acetylenes is 1. The summed E-state index contributed by atoms with van der Waals surface area (Å²) in [7, 11) is 4.23. The molecule has 0 aromatic heterocycles. The lowest BCUT2D eigenvalue weighted by Gasteiger charge is -2.25. The van der Waals surface area contributed by atoms with Crippen LogP contribution in [0, 0.1) is 18.3 Å². The number of rotatable bonds is 6. The van der Waals surface area contributed by atoms with Crippen molar-refractivity contribution in [1.82, 2.24) is 10.2 Å². The number of hydrogen-bond donors (Lipinski definition) is 1. The van der Waals surface area contributed by atoms with Crippen LogP contribution in [-0.2, 0) is 0 Å². The Morgan fingerprint density at radius 2 is 2.00 bits per heavy atom. The van der Waals surface area contributed by atoms with Gasteiger partial charge in [0.25, 0.3) is 0 Å². The van der Waals surface area contributed by atoms with E-state index in [0.29, 0.717) is 12.6 Å². The minimum atomic E-state index is 0.591. The summed E-state index contributed by atoms with van der Waals surface area (Å²) in [5.74, 6) is 3.32. The van der Waals surface area contributed by atoms with E-state index in [9.17, 15) is 0 Å². The van der Waals surface area contributed by atoms with Crippen molar-refractivity contribution < 1.29 is 0 Å². The predicted molar refractivity (Wildman–Crippen MR) is 58.6 cm³/mol. The number of nitrogens with one attached hydrogen (secondary N) is 1. The molecule has 0 aliphatic rings. The predicted octanol–water partition coefficient (Wildman–Crippen LogP) is 1.19. The van der Waals surface area contributed by atoms with Crippen LogP contribution in [0.2, 0.25) is 0 Å². The van der Waals surface area contributed by atoms with E-state index in [2.05, 4.69) is 44.1 Å². The number of hydrogen-bond acceptors (Lipinski definition) is 2. The topological polar surface area (TPSA) is 15.3 Å². The fraction of sp³-hybridized carbons (Fsp3) is 0.818. The highest BCUT2D eigenvalue weighted by Gasteiger charge is 2.11. The molecule has 0 heterocycles. The lowest BCUT2D eigenvalue weighted by Crippen LogP contribution is -2.38. The van der Waals surface area contributed by atoms with Crippen LogP contribution in [0.3, 0.4) is 0 Å². The molecule has 2 nitrogen and oxygen atoms in total. The normalized spacial score (nSPS) is 13.3. The Kier molecular flexibility index (Phi) is 6.66. The van der Waals surface area contributed by atoms with Crippen molar-refractivity contribution in [3.05, 3.63) is 0 Å². The molecule has 0 radical (unpaired) electrons. The highest BCUT2D eigenvalue weighted by molar-refractivity contribution is 4.87. The summed E-state index contributed by atoms with van der Waals surface area (Å²) in [6.45, 7) is 6.15. The van der Waals surface area contributed by atoms with Gasteiger partial charge in [-0.3, -0.25) is 0 Å². The Morgan fingerprint density at radius 1 is 1.38 bits per heavy atom. The molecule has 0 spiro atoms. The standard InChI is InChI=1S/C11H22N2/c1-6-7-12-9-11(13(4)5)8-10(2)3/h1,10-12H,7-9H2,2-5H3. The third kappa shape index (κ3) is 6.62. The van der Waals surface area contributed by atoms with Gasteiger partial charge in [-0.2, -0.15) is 0 Å². The molecule has 0 rings (SSSR count). The minimum absolute atomic E-state index is 0.591. The molecule has 13 heavy (non-hydrogen) atoms. The Balaban J connectivity index is 3.75. The zero-order chi connectivity index (χ0) is 10.3. The van der Waals surface area contributed by atoms with E-state index < -0.39 is 0 Å². The van der Waals surface area contributed by atoms with Gasteiger partial charge in [0, 0.05) is 12.6 Å². The summed E-state index contributed by atoms with van der Waals surface area (Å²) in [5, 5.41) is 3.24. The smallest absolute Gasteiger partial charge is 0.0574 e. The average Bonchev–Trinajstić information content (AvgIpc) is 2.02. The lowest BCUT2D eigenvalue weighted by molar-refractivity contribution is 0.249. The highest BCUT2D eigenvalue weighted by atomic mass is 15.1. The molecule has 0 amide bonds. The molecule has 0 aromatic rings. The quantitative estimate of drug-likeness (QED) is 0.490. The first-order valence-corrected chi connectivity index (χ1v) is 4.88. The van der Waals surface area contributed by atoms with Crippen molar-refractivity contribution in [2.45, 2.75) is 26.3 Å². The first-order valence-electron chi connectivity index (χ1n) is 4.88. The third-order valence-electron chi connectivity index (χ3n) is 2.08. The van der Waals surface area contributed by atoms with Gasteiger partial charge in [-0.05, 0) is 26.4 Å². The van der Waals surface area contributed by atoms with E-state index in [0.717, 1.165) is 12.5 Å². The van der Waals surface area contributed by atoms with E-state index in [1.54, 1.807) is 0 Å². The number of likely N-dealkylation sites (N-methyl/N-ethyl adjacent to an activating group) is 1. The van der Waals surface area contributed by atoms with Crippen LogP contribution in [0.4, 0.5) is 0 Å². The molecular weight excluding hydrogens is 160 g/mol. The Hall–Kier alpha value is -0.520. The van der Waals surface area contributed by atoms with Crippen LogP contribution in [-0.4, -0.2) is 38.1 Å². The molecule has 1 N–H and O–H groups in total. The van der Waals surface area contributed by atoms with Gasteiger partial charge in [0.2, 0.25) is 0 Å². The molecule has 0 saturated carbocycles. The van der Waals surface area contributed by atoms with E-state index in [-0.39, 0.29) is 0 Å². The second-order valence-corrected chi connectivity index (χ2v) is 4.08. The summed E-state index contributed by atoms with van der Waals surface area (Å²) >= 11 is 0. The molecule has 0 fully saturated rings. The van der Waals surface area contributed by atoms with Crippen molar-refractivity contribution in [3.63, 3.8) is 0 Å². The van der Waals surface area contributed by atoms with Gasteiger partial charge < -0.3 is 10.2 Å². The van der Waals surface area contributed by atoms with E-state index in [1.807, 2.05) is 0 Å². The van der Waals surface area contributed by atoms with Crippen LogP contribution in [0.5, 0.6) is 0 Å². The molecule has 2 heteroatoms. The van der Waals surface area contributed by atoms with Crippen LogP contribution < -0.4 is 5.32 Å². The average molecular weight is 182 g/mol. The largest absolute Gasteiger partial charge is 0.305 e. The maximum atomic E-state index is 5.17. The van der Waals surface area contributed by atoms with Crippen molar-refractivity contribution in [2.24, 2.45) is 5.92 Å². The molecular formula is C11H22N2. The molecule has 76 valence electrons. The van der Waals surface area contributed by atoms with Gasteiger partial charge in [0.1, 0.15) is 0 Å². The second-order valence-electron chi connectivity index (χ2n) is 4.08. The van der Waals surface area contributed by atoms with Crippen molar-refractivity contribution in [1.29, 1.82) is 0 Å². The van der Waals surface area contributed by atoms with Crippen LogP contribution >= 0.6 is 0 Å². The van der Waals surface area contributed by atoms with Gasteiger partial charge >= 0.3 is 0 Å². The zero-order valence-corrected chi connectivity index (χ0v) is 9.30. The van der Waals surface area contributed by atoms with Crippen molar-refractivity contribution in [2.75, 3.05) is 27.2 Å². The van der Waals surface area contributed by atoms with Crippen LogP contribution in [0.25, 0.3) is 0 Å². The molecule has 0 aliphatic heterocycles. The SMILES string of the molecule is C#CCNCC(CC(C)C)N(C)C. The summed E-state index contributed by atoms with van der Waals surface area (Å²) < 4.78 is 0. The van der Waals surface area contributed by atoms with Crippen LogP contribution in [0.1, 0.15) is 20.3 Å². The zero-order valence-electron chi connectivity index (χ0n) is 9.30. The van der Waals surface area contributed by atoms with Gasteiger partial charge in [0.15, 0.2) is 0 Å². The molecule has 1 atom stereocenters. The maximum Gasteiger partial charge on any atom is 0.0574 e. The summed E-state index contributed by atoms with van der Waals surface area (Å²) in [4.78, 5) is 2.25. The highest BCUT2D eigenvalue weighted by Crippen LogP contribution is 2.07. The van der Waals surface area contributed by atoms with E-state index >= 15 is 0 Å². The Morgan fingerprint density at radius 3 is 2.38 bits per heavy atom. The second kappa shape index (κ2) is 6.94. The van der Waals surface area contributed by atoms with E-state index in [1.165, 1.54) is 6.42 Å². The summed E-state index contributed by atoms with van der Waals surface area (Å²) in [6, 6.07) is 0.591. The summed E-state index contributed by atoms with van der Waals surface area (Å²) in [5.41, 5.74) is 0. The molecule has 0 saturated heterocycles. The monoisotopic (exact) mass is 182 g/mol. The third-order valence-corrected chi connectivity index (χ3v) is 2.08. The van der Waals surface area contributed by atoms with Crippen molar-refractivity contribution >= 4 is 0 Å². The molecule has 0 aromatic carbocycles. The fourth-order valence-electron chi connectivity index (χ4n) is 1.33. The molecule has 0 bridgehead atoms.